The summed E-state index contributed by atoms with van der Waals surface area (Å²) in [6, 6.07) is 27.0. The largest absolute Gasteiger partial charge is 0.462 e. The third-order valence-electron chi connectivity index (χ3n) is 5.80. The molecule has 7 nitrogen and oxygen atoms in total. The monoisotopic (exact) mass is 528 g/mol. The molecule has 0 bridgehead atoms. The molecule has 2 N–H and O–H groups in total. The van der Waals surface area contributed by atoms with E-state index in [1.54, 1.807) is 37.3 Å². The predicted octanol–water partition coefficient (Wildman–Crippen LogP) is 6.00. The summed E-state index contributed by atoms with van der Waals surface area (Å²) >= 11 is 0. The molecule has 0 atom stereocenters. The molecule has 0 fully saturated rings. The second-order valence-corrected chi connectivity index (χ2v) is 10.4. The van der Waals surface area contributed by atoms with Gasteiger partial charge >= 0.3 is 5.97 Å². The van der Waals surface area contributed by atoms with Crippen LogP contribution < -0.4 is 10.0 Å². The summed E-state index contributed by atoms with van der Waals surface area (Å²) in [6.45, 7) is 3.62. The van der Waals surface area contributed by atoms with Crippen molar-refractivity contribution in [2.24, 2.45) is 0 Å². The first-order valence-electron chi connectivity index (χ1n) is 12.1. The second-order valence-electron chi connectivity index (χ2n) is 8.71. The standard InChI is InChI=1S/C30H28N2O5S/c1-3-37-30(34)27-19-26(32-38(35,36)20-22-9-5-4-6-10-22)15-16-28(27)31-29(33)17-21(2)24-14-13-23-11-7-8-12-25(23)18-24/h4-19,32H,3,20H2,1-2H3,(H,31,33)/b21-17-. The van der Waals surface area contributed by atoms with Gasteiger partial charge in [-0.2, -0.15) is 0 Å². The van der Waals surface area contributed by atoms with Gasteiger partial charge in [0.1, 0.15) is 0 Å². The molecule has 0 aliphatic carbocycles. The van der Waals surface area contributed by atoms with Gasteiger partial charge in [0.2, 0.25) is 15.9 Å². The van der Waals surface area contributed by atoms with Crippen LogP contribution in [0.2, 0.25) is 0 Å². The van der Waals surface area contributed by atoms with Crippen LogP contribution in [-0.4, -0.2) is 26.9 Å². The lowest BCUT2D eigenvalue weighted by Crippen LogP contribution is -2.17. The number of rotatable bonds is 9. The van der Waals surface area contributed by atoms with E-state index in [2.05, 4.69) is 10.0 Å². The van der Waals surface area contributed by atoms with Gasteiger partial charge in [-0.05, 0) is 65.6 Å². The molecular weight excluding hydrogens is 500 g/mol. The lowest BCUT2D eigenvalue weighted by molar-refractivity contribution is -0.111. The van der Waals surface area contributed by atoms with Gasteiger partial charge in [-0.15, -0.1) is 0 Å². The van der Waals surface area contributed by atoms with Gasteiger partial charge in [-0.3, -0.25) is 9.52 Å². The number of benzene rings is 4. The number of esters is 1. The third kappa shape index (κ3) is 6.86. The Morgan fingerprint density at radius 2 is 1.58 bits per heavy atom. The number of allylic oxidation sites excluding steroid dienone is 1. The zero-order chi connectivity index (χ0) is 27.1. The summed E-state index contributed by atoms with van der Waals surface area (Å²) in [6.07, 6.45) is 1.45. The first kappa shape index (κ1) is 26.6. The van der Waals surface area contributed by atoms with Crippen LogP contribution in [0.1, 0.15) is 35.3 Å². The molecule has 0 saturated carbocycles. The van der Waals surface area contributed by atoms with Gasteiger partial charge in [0.25, 0.3) is 0 Å². The van der Waals surface area contributed by atoms with Gasteiger partial charge in [-0.1, -0.05) is 66.7 Å². The third-order valence-corrected chi connectivity index (χ3v) is 7.06. The number of nitrogens with one attached hydrogen (secondary N) is 2. The molecule has 4 aromatic rings. The molecular formula is C30H28N2O5S. The van der Waals surface area contributed by atoms with Crippen molar-refractivity contribution in [3.63, 3.8) is 0 Å². The smallest absolute Gasteiger partial charge is 0.340 e. The average Bonchev–Trinajstić information content (AvgIpc) is 2.89. The molecule has 0 heterocycles. The fourth-order valence-electron chi connectivity index (χ4n) is 3.99. The Hall–Kier alpha value is -4.43. The van der Waals surface area contributed by atoms with Crippen LogP contribution in [0, 0.1) is 0 Å². The number of carbonyl (C=O) groups excluding carboxylic acids is 2. The Bertz CT molecular complexity index is 1610. The number of carbonyl (C=O) groups is 2. The van der Waals surface area contributed by atoms with Crippen LogP contribution in [0.5, 0.6) is 0 Å². The van der Waals surface area contributed by atoms with Gasteiger partial charge in [-0.25, -0.2) is 13.2 Å². The topological polar surface area (TPSA) is 102 Å². The number of hydrogen-bond acceptors (Lipinski definition) is 5. The van der Waals surface area contributed by atoms with Crippen LogP contribution >= 0.6 is 0 Å². The number of hydrogen-bond donors (Lipinski definition) is 2. The highest BCUT2D eigenvalue weighted by molar-refractivity contribution is 7.91. The maximum Gasteiger partial charge on any atom is 0.340 e. The molecule has 0 unspecified atom stereocenters. The molecule has 194 valence electrons. The second kappa shape index (κ2) is 11.7. The Morgan fingerprint density at radius 3 is 2.32 bits per heavy atom. The molecule has 38 heavy (non-hydrogen) atoms. The summed E-state index contributed by atoms with van der Waals surface area (Å²) < 4.78 is 33.0. The van der Waals surface area contributed by atoms with E-state index in [0.29, 0.717) is 5.56 Å². The Labute approximate surface area is 222 Å². The number of amides is 1. The van der Waals surface area contributed by atoms with Crippen LogP contribution in [0.25, 0.3) is 16.3 Å². The van der Waals surface area contributed by atoms with Crippen molar-refractivity contribution >= 4 is 49.6 Å². The van der Waals surface area contributed by atoms with Crippen LogP contribution in [0.3, 0.4) is 0 Å². The normalized spacial score (nSPS) is 11.7. The lowest BCUT2D eigenvalue weighted by Gasteiger charge is -2.13. The molecule has 0 aliphatic rings. The molecule has 4 aromatic carbocycles. The van der Waals surface area contributed by atoms with Gasteiger partial charge in [0.15, 0.2) is 0 Å². The zero-order valence-corrected chi connectivity index (χ0v) is 21.9. The summed E-state index contributed by atoms with van der Waals surface area (Å²) in [7, 11) is -3.74. The molecule has 0 spiro atoms. The van der Waals surface area contributed by atoms with Gasteiger partial charge in [0, 0.05) is 11.8 Å². The van der Waals surface area contributed by atoms with Crippen molar-refractivity contribution in [1.82, 2.24) is 0 Å². The van der Waals surface area contributed by atoms with Gasteiger partial charge < -0.3 is 10.1 Å². The molecule has 8 heteroatoms. The fourth-order valence-corrected chi connectivity index (χ4v) is 5.18. The highest BCUT2D eigenvalue weighted by Gasteiger charge is 2.18. The van der Waals surface area contributed by atoms with E-state index < -0.39 is 21.9 Å². The van der Waals surface area contributed by atoms with Crippen molar-refractivity contribution in [1.29, 1.82) is 0 Å². The molecule has 1 amide bonds. The van der Waals surface area contributed by atoms with Crippen LogP contribution in [0.15, 0.2) is 97.1 Å². The molecule has 0 saturated heterocycles. The predicted molar refractivity (Wildman–Crippen MR) is 151 cm³/mol. The first-order chi connectivity index (χ1) is 18.2. The van der Waals surface area contributed by atoms with Crippen molar-refractivity contribution in [3.05, 3.63) is 114 Å². The molecule has 0 aromatic heterocycles. The molecule has 0 radical (unpaired) electrons. The van der Waals surface area contributed by atoms with E-state index in [-0.39, 0.29) is 29.3 Å². The van der Waals surface area contributed by atoms with E-state index in [4.69, 9.17) is 4.74 Å². The van der Waals surface area contributed by atoms with E-state index in [0.717, 1.165) is 21.9 Å². The quantitative estimate of drug-likeness (QED) is 0.205. The highest BCUT2D eigenvalue weighted by atomic mass is 32.2. The number of anilines is 2. The maximum atomic E-state index is 12.9. The minimum absolute atomic E-state index is 0.0388. The zero-order valence-electron chi connectivity index (χ0n) is 21.1. The minimum atomic E-state index is -3.74. The summed E-state index contributed by atoms with van der Waals surface area (Å²) in [5.41, 5.74) is 2.70. The van der Waals surface area contributed by atoms with Crippen LogP contribution in [-0.2, 0) is 25.3 Å². The minimum Gasteiger partial charge on any atom is -0.462 e. The van der Waals surface area contributed by atoms with E-state index in [1.165, 1.54) is 24.3 Å². The van der Waals surface area contributed by atoms with Crippen molar-refractivity contribution < 1.29 is 22.7 Å². The molecule has 4 rings (SSSR count). The van der Waals surface area contributed by atoms with E-state index in [1.807, 2.05) is 49.4 Å². The van der Waals surface area contributed by atoms with Crippen molar-refractivity contribution in [2.75, 3.05) is 16.6 Å². The Kier molecular flexibility index (Phi) is 8.23. The summed E-state index contributed by atoms with van der Waals surface area (Å²) in [5, 5.41) is 4.89. The van der Waals surface area contributed by atoms with Crippen molar-refractivity contribution in [3.8, 4) is 0 Å². The fraction of sp³-hybridized carbons (Fsp3) is 0.133. The van der Waals surface area contributed by atoms with Gasteiger partial charge in [0.05, 0.1) is 23.6 Å². The number of fused-ring (bicyclic) bond motifs is 1. The first-order valence-corrected chi connectivity index (χ1v) is 13.7. The highest BCUT2D eigenvalue weighted by Crippen LogP contribution is 2.25. The van der Waals surface area contributed by atoms with E-state index >= 15 is 0 Å². The maximum absolute atomic E-state index is 12.9. The Morgan fingerprint density at radius 1 is 0.868 bits per heavy atom. The molecule has 0 aliphatic heterocycles. The average molecular weight is 529 g/mol. The van der Waals surface area contributed by atoms with Crippen LogP contribution in [0.4, 0.5) is 11.4 Å². The summed E-state index contributed by atoms with van der Waals surface area (Å²) in [4.78, 5) is 25.5. The lowest BCUT2D eigenvalue weighted by atomic mass is 10.0. The number of ether oxygens (including phenoxy) is 1. The van der Waals surface area contributed by atoms with Crippen molar-refractivity contribution in [2.45, 2.75) is 19.6 Å². The number of sulfonamides is 1. The Balaban J connectivity index is 1.55. The van der Waals surface area contributed by atoms with E-state index in [9.17, 15) is 18.0 Å². The SMILES string of the molecule is CCOC(=O)c1cc(NS(=O)(=O)Cc2ccccc2)ccc1NC(=O)/C=C(/C)c1ccc2ccccc2c1. The summed E-state index contributed by atoms with van der Waals surface area (Å²) in [5.74, 6) is -1.33.